The molecule has 0 spiro atoms. The standard InChI is InChI=1S/C16H32N2O2/c1-2-3-8-13-20-14-16(19)18-12-11-17-15-9-6-4-5-7-10-15/h15,17H,2-14H2,1H3,(H,18,19). The van der Waals surface area contributed by atoms with E-state index < -0.39 is 0 Å². The van der Waals surface area contributed by atoms with Gasteiger partial charge in [-0.25, -0.2) is 0 Å². The Bertz CT molecular complexity index is 239. The highest BCUT2D eigenvalue weighted by molar-refractivity contribution is 5.77. The van der Waals surface area contributed by atoms with Gasteiger partial charge >= 0.3 is 0 Å². The average molecular weight is 284 g/mol. The third-order valence-electron chi connectivity index (χ3n) is 3.86. The lowest BCUT2D eigenvalue weighted by molar-refractivity contribution is -0.125. The van der Waals surface area contributed by atoms with E-state index in [0.29, 0.717) is 19.2 Å². The van der Waals surface area contributed by atoms with Gasteiger partial charge in [-0.2, -0.15) is 0 Å². The van der Waals surface area contributed by atoms with Crippen molar-refractivity contribution in [2.75, 3.05) is 26.3 Å². The van der Waals surface area contributed by atoms with Crippen molar-refractivity contribution < 1.29 is 9.53 Å². The van der Waals surface area contributed by atoms with Crippen molar-refractivity contribution in [3.8, 4) is 0 Å². The van der Waals surface area contributed by atoms with Gasteiger partial charge in [0.1, 0.15) is 6.61 Å². The van der Waals surface area contributed by atoms with Gasteiger partial charge in [0.15, 0.2) is 0 Å². The van der Waals surface area contributed by atoms with Crippen LogP contribution in [0.5, 0.6) is 0 Å². The van der Waals surface area contributed by atoms with Crippen LogP contribution in [0, 0.1) is 0 Å². The van der Waals surface area contributed by atoms with Gasteiger partial charge < -0.3 is 15.4 Å². The summed E-state index contributed by atoms with van der Waals surface area (Å²) in [5.74, 6) is 0.00386. The van der Waals surface area contributed by atoms with E-state index in [1.54, 1.807) is 0 Å². The molecule has 1 aliphatic rings. The van der Waals surface area contributed by atoms with Crippen LogP contribution in [-0.2, 0) is 9.53 Å². The number of hydrogen-bond acceptors (Lipinski definition) is 3. The van der Waals surface area contributed by atoms with Crippen LogP contribution in [0.15, 0.2) is 0 Å². The summed E-state index contributed by atoms with van der Waals surface area (Å²) in [7, 11) is 0. The summed E-state index contributed by atoms with van der Waals surface area (Å²) in [6.45, 7) is 4.63. The lowest BCUT2D eigenvalue weighted by atomic mass is 10.1. The predicted molar refractivity (Wildman–Crippen MR) is 82.8 cm³/mol. The molecule has 0 bridgehead atoms. The molecule has 0 atom stereocenters. The van der Waals surface area contributed by atoms with Crippen molar-refractivity contribution in [3.05, 3.63) is 0 Å². The van der Waals surface area contributed by atoms with Gasteiger partial charge in [0.25, 0.3) is 0 Å². The van der Waals surface area contributed by atoms with E-state index in [0.717, 1.165) is 13.0 Å². The average Bonchev–Trinajstić information content (AvgIpc) is 2.72. The summed E-state index contributed by atoms with van der Waals surface area (Å²) in [6, 6.07) is 0.652. The van der Waals surface area contributed by atoms with Gasteiger partial charge in [0.05, 0.1) is 0 Å². The maximum Gasteiger partial charge on any atom is 0.246 e. The molecule has 1 fully saturated rings. The van der Waals surface area contributed by atoms with Crippen LogP contribution in [0.4, 0.5) is 0 Å². The Balaban J connectivity index is 1.90. The zero-order valence-electron chi connectivity index (χ0n) is 13.1. The maximum absolute atomic E-state index is 11.5. The second-order valence-corrected chi connectivity index (χ2v) is 5.75. The molecule has 0 aliphatic heterocycles. The van der Waals surface area contributed by atoms with E-state index >= 15 is 0 Å². The van der Waals surface area contributed by atoms with Gasteiger partial charge in [-0.05, 0) is 19.3 Å². The van der Waals surface area contributed by atoms with Gasteiger partial charge in [-0.15, -0.1) is 0 Å². The normalized spacial score (nSPS) is 16.9. The number of carbonyl (C=O) groups excluding carboxylic acids is 1. The number of hydrogen-bond donors (Lipinski definition) is 2. The fourth-order valence-corrected chi connectivity index (χ4v) is 2.63. The number of carbonyl (C=O) groups is 1. The van der Waals surface area contributed by atoms with Crippen LogP contribution >= 0.6 is 0 Å². The fourth-order valence-electron chi connectivity index (χ4n) is 2.63. The first-order valence-corrected chi connectivity index (χ1v) is 8.40. The lowest BCUT2D eigenvalue weighted by Crippen LogP contribution is -2.38. The molecular formula is C16H32N2O2. The third-order valence-corrected chi connectivity index (χ3v) is 3.86. The second kappa shape index (κ2) is 12.2. The van der Waals surface area contributed by atoms with Crippen molar-refractivity contribution >= 4 is 5.91 Å². The molecule has 1 amide bonds. The van der Waals surface area contributed by atoms with Crippen LogP contribution in [0.3, 0.4) is 0 Å². The molecule has 0 saturated heterocycles. The first kappa shape index (κ1) is 17.4. The van der Waals surface area contributed by atoms with Gasteiger partial charge in [-0.1, -0.05) is 45.4 Å². The quantitative estimate of drug-likeness (QED) is 0.479. The Morgan fingerprint density at radius 1 is 1.10 bits per heavy atom. The largest absolute Gasteiger partial charge is 0.372 e. The van der Waals surface area contributed by atoms with E-state index in [1.165, 1.54) is 51.4 Å². The summed E-state index contributed by atoms with van der Waals surface area (Å²) in [4.78, 5) is 11.5. The van der Waals surface area contributed by atoms with Gasteiger partial charge in [0.2, 0.25) is 5.91 Å². The molecule has 1 rings (SSSR count). The SMILES string of the molecule is CCCCCOCC(=O)NCCNC1CCCCCC1. The first-order chi connectivity index (χ1) is 9.83. The number of unbranched alkanes of at least 4 members (excludes halogenated alkanes) is 2. The van der Waals surface area contributed by atoms with Gasteiger partial charge in [0, 0.05) is 25.7 Å². The van der Waals surface area contributed by atoms with E-state index in [9.17, 15) is 4.79 Å². The summed E-state index contributed by atoms with van der Waals surface area (Å²) in [5, 5.41) is 6.45. The molecule has 4 nitrogen and oxygen atoms in total. The minimum atomic E-state index is 0.00386. The zero-order valence-corrected chi connectivity index (χ0v) is 13.1. The number of nitrogens with one attached hydrogen (secondary N) is 2. The Hall–Kier alpha value is -0.610. The molecule has 118 valence electrons. The van der Waals surface area contributed by atoms with Crippen molar-refractivity contribution in [2.45, 2.75) is 70.8 Å². The van der Waals surface area contributed by atoms with E-state index in [4.69, 9.17) is 4.74 Å². The minimum absolute atomic E-state index is 0.00386. The van der Waals surface area contributed by atoms with Crippen LogP contribution in [0.2, 0.25) is 0 Å². The van der Waals surface area contributed by atoms with Crippen molar-refractivity contribution in [1.82, 2.24) is 10.6 Å². The number of ether oxygens (including phenoxy) is 1. The Labute approximate surface area is 124 Å². The molecule has 0 radical (unpaired) electrons. The molecule has 1 saturated carbocycles. The van der Waals surface area contributed by atoms with Crippen LogP contribution in [-0.4, -0.2) is 38.3 Å². The third kappa shape index (κ3) is 9.32. The lowest BCUT2D eigenvalue weighted by Gasteiger charge is -2.16. The highest BCUT2D eigenvalue weighted by Gasteiger charge is 2.10. The van der Waals surface area contributed by atoms with Crippen LogP contribution in [0.1, 0.15) is 64.7 Å². The smallest absolute Gasteiger partial charge is 0.246 e. The topological polar surface area (TPSA) is 50.4 Å². The molecule has 2 N–H and O–H groups in total. The minimum Gasteiger partial charge on any atom is -0.372 e. The Morgan fingerprint density at radius 3 is 2.55 bits per heavy atom. The van der Waals surface area contributed by atoms with Gasteiger partial charge in [-0.3, -0.25) is 4.79 Å². The monoisotopic (exact) mass is 284 g/mol. The summed E-state index contributed by atoms with van der Waals surface area (Å²) < 4.78 is 5.33. The number of rotatable bonds is 10. The molecule has 0 aromatic rings. The highest BCUT2D eigenvalue weighted by Crippen LogP contribution is 2.16. The zero-order chi connectivity index (χ0) is 14.5. The molecule has 1 aliphatic carbocycles. The highest BCUT2D eigenvalue weighted by atomic mass is 16.5. The molecule has 4 heteroatoms. The van der Waals surface area contributed by atoms with Crippen molar-refractivity contribution in [3.63, 3.8) is 0 Å². The molecular weight excluding hydrogens is 252 g/mol. The van der Waals surface area contributed by atoms with E-state index in [1.807, 2.05) is 0 Å². The van der Waals surface area contributed by atoms with E-state index in [-0.39, 0.29) is 12.5 Å². The molecule has 0 aromatic heterocycles. The number of amides is 1. The van der Waals surface area contributed by atoms with Crippen molar-refractivity contribution in [2.24, 2.45) is 0 Å². The predicted octanol–water partition coefficient (Wildman–Crippen LogP) is 2.62. The Kier molecular flexibility index (Phi) is 10.6. The summed E-state index contributed by atoms with van der Waals surface area (Å²) in [6.07, 6.45) is 11.4. The molecule has 20 heavy (non-hydrogen) atoms. The molecule has 0 aromatic carbocycles. The Morgan fingerprint density at radius 2 is 1.85 bits per heavy atom. The van der Waals surface area contributed by atoms with Crippen LogP contribution in [0.25, 0.3) is 0 Å². The molecule has 0 heterocycles. The second-order valence-electron chi connectivity index (χ2n) is 5.75. The van der Waals surface area contributed by atoms with E-state index in [2.05, 4.69) is 17.6 Å². The maximum atomic E-state index is 11.5. The van der Waals surface area contributed by atoms with Crippen molar-refractivity contribution in [1.29, 1.82) is 0 Å². The summed E-state index contributed by atoms with van der Waals surface area (Å²) >= 11 is 0. The fraction of sp³-hybridized carbons (Fsp3) is 0.938. The summed E-state index contributed by atoms with van der Waals surface area (Å²) in [5.41, 5.74) is 0. The molecule has 0 unspecified atom stereocenters. The first-order valence-electron chi connectivity index (χ1n) is 8.40. The van der Waals surface area contributed by atoms with Crippen LogP contribution < -0.4 is 10.6 Å².